The van der Waals surface area contributed by atoms with Gasteiger partial charge in [0.05, 0.1) is 5.25 Å². The molecule has 1 N–H and O–H groups in total. The highest BCUT2D eigenvalue weighted by molar-refractivity contribution is 9.09. The summed E-state index contributed by atoms with van der Waals surface area (Å²) in [6.07, 6.45) is 3.13. The number of hydrogen-bond acceptors (Lipinski definition) is 3. The molecule has 6 heteroatoms. The van der Waals surface area contributed by atoms with Crippen LogP contribution in [0.1, 0.15) is 25.7 Å². The van der Waals surface area contributed by atoms with Crippen LogP contribution in [0.3, 0.4) is 0 Å². The number of hydrogen-bond donors (Lipinski definition) is 1. The molecule has 1 saturated carbocycles. The van der Waals surface area contributed by atoms with Crippen molar-refractivity contribution in [2.75, 3.05) is 18.5 Å². The fourth-order valence-electron chi connectivity index (χ4n) is 1.79. The summed E-state index contributed by atoms with van der Waals surface area (Å²) in [4.78, 5) is 0. The van der Waals surface area contributed by atoms with Crippen molar-refractivity contribution < 1.29 is 13.2 Å². The predicted molar refractivity (Wildman–Crippen MR) is 61.7 cm³/mol. The minimum Gasteiger partial charge on any atom is -0.381 e. The van der Waals surface area contributed by atoms with E-state index in [4.69, 9.17) is 4.74 Å². The Morgan fingerprint density at radius 1 is 1.33 bits per heavy atom. The summed E-state index contributed by atoms with van der Waals surface area (Å²) >= 11 is 3.41. The Morgan fingerprint density at radius 3 is 2.40 bits per heavy atom. The third-order valence-electron chi connectivity index (χ3n) is 3.03. The zero-order chi connectivity index (χ0) is 10.9. The second-order valence-corrected chi connectivity index (χ2v) is 6.89. The van der Waals surface area contributed by atoms with Gasteiger partial charge in [0.15, 0.2) is 0 Å². The maximum absolute atomic E-state index is 11.9. The van der Waals surface area contributed by atoms with Crippen molar-refractivity contribution in [2.45, 2.75) is 36.5 Å². The Kier molecular flexibility index (Phi) is 3.40. The summed E-state index contributed by atoms with van der Waals surface area (Å²) in [5.74, 6) is 0. The van der Waals surface area contributed by atoms with Gasteiger partial charge in [-0.1, -0.05) is 15.9 Å². The molecule has 2 fully saturated rings. The summed E-state index contributed by atoms with van der Waals surface area (Å²) in [5.41, 5.74) is -0.320. The molecule has 0 radical (unpaired) electrons. The van der Waals surface area contributed by atoms with Crippen LogP contribution in [0.4, 0.5) is 0 Å². The Balaban J connectivity index is 2.06. The van der Waals surface area contributed by atoms with Gasteiger partial charge < -0.3 is 4.74 Å². The highest BCUT2D eigenvalue weighted by Crippen LogP contribution is 2.31. The van der Waals surface area contributed by atoms with E-state index < -0.39 is 10.0 Å². The Bertz CT molecular complexity index is 320. The number of alkyl halides is 1. The van der Waals surface area contributed by atoms with Gasteiger partial charge in [-0.3, -0.25) is 0 Å². The molecule has 0 aromatic carbocycles. The lowest BCUT2D eigenvalue weighted by Crippen LogP contribution is -2.54. The van der Waals surface area contributed by atoms with Crippen LogP contribution in [0.2, 0.25) is 0 Å². The topological polar surface area (TPSA) is 55.4 Å². The number of rotatable bonds is 4. The van der Waals surface area contributed by atoms with Gasteiger partial charge in [0.25, 0.3) is 0 Å². The number of ether oxygens (including phenoxy) is 1. The average Bonchev–Trinajstić information content (AvgIpc) is 3.02. The van der Waals surface area contributed by atoms with Gasteiger partial charge in [0, 0.05) is 24.1 Å². The monoisotopic (exact) mass is 297 g/mol. The maximum atomic E-state index is 11.9. The van der Waals surface area contributed by atoms with Crippen LogP contribution < -0.4 is 4.72 Å². The zero-order valence-electron chi connectivity index (χ0n) is 8.54. The van der Waals surface area contributed by atoms with Crippen LogP contribution in [-0.2, 0) is 14.8 Å². The van der Waals surface area contributed by atoms with Gasteiger partial charge >= 0.3 is 0 Å². The van der Waals surface area contributed by atoms with Crippen molar-refractivity contribution in [1.29, 1.82) is 0 Å². The van der Waals surface area contributed by atoms with Crippen LogP contribution in [0, 0.1) is 0 Å². The smallest absolute Gasteiger partial charge is 0.215 e. The molecular formula is C9H16BrNO3S. The van der Waals surface area contributed by atoms with Crippen LogP contribution in [0.15, 0.2) is 0 Å². The van der Waals surface area contributed by atoms with Crippen molar-refractivity contribution in [1.82, 2.24) is 4.72 Å². The molecule has 1 heterocycles. The normalized spacial score (nSPS) is 26.5. The molecule has 1 aliphatic carbocycles. The maximum Gasteiger partial charge on any atom is 0.215 e. The van der Waals surface area contributed by atoms with Crippen LogP contribution in [0.25, 0.3) is 0 Å². The quantitative estimate of drug-likeness (QED) is 0.788. The van der Waals surface area contributed by atoms with Gasteiger partial charge in [-0.05, 0) is 25.7 Å². The first kappa shape index (κ1) is 11.8. The first-order chi connectivity index (χ1) is 7.08. The van der Waals surface area contributed by atoms with Gasteiger partial charge in [0.1, 0.15) is 0 Å². The van der Waals surface area contributed by atoms with Crippen molar-refractivity contribution in [2.24, 2.45) is 0 Å². The Labute approximate surface area is 98.9 Å². The molecule has 0 aromatic heterocycles. The molecule has 0 bridgehead atoms. The number of halogens is 1. The highest BCUT2D eigenvalue weighted by Gasteiger charge is 2.42. The first-order valence-electron chi connectivity index (χ1n) is 5.24. The molecule has 15 heavy (non-hydrogen) atoms. The van der Waals surface area contributed by atoms with Crippen molar-refractivity contribution in [3.8, 4) is 0 Å². The van der Waals surface area contributed by atoms with Crippen molar-refractivity contribution in [3.05, 3.63) is 0 Å². The van der Waals surface area contributed by atoms with E-state index in [1.165, 1.54) is 0 Å². The lowest BCUT2D eigenvalue weighted by Gasteiger charge is -2.36. The first-order valence-corrected chi connectivity index (χ1v) is 7.91. The molecule has 88 valence electrons. The third kappa shape index (κ3) is 2.72. The van der Waals surface area contributed by atoms with Gasteiger partial charge in [-0.2, -0.15) is 0 Å². The van der Waals surface area contributed by atoms with Gasteiger partial charge in [-0.15, -0.1) is 0 Å². The molecule has 0 atom stereocenters. The summed E-state index contributed by atoms with van der Waals surface area (Å²) in [5, 5.41) is 0.520. The number of nitrogens with one attached hydrogen (secondary N) is 1. The Morgan fingerprint density at radius 2 is 1.93 bits per heavy atom. The molecular weight excluding hydrogens is 282 g/mol. The largest absolute Gasteiger partial charge is 0.381 e. The van der Waals surface area contributed by atoms with E-state index in [9.17, 15) is 8.42 Å². The fraction of sp³-hybridized carbons (Fsp3) is 1.00. The lowest BCUT2D eigenvalue weighted by molar-refractivity contribution is 0.0557. The second kappa shape index (κ2) is 4.31. The summed E-state index contributed by atoms with van der Waals surface area (Å²) < 4.78 is 31.8. The molecule has 0 aromatic rings. The van der Waals surface area contributed by atoms with E-state index in [1.807, 2.05) is 0 Å². The molecule has 0 spiro atoms. The third-order valence-corrected chi connectivity index (χ3v) is 6.17. The SMILES string of the molecule is O=S(=O)(NC1(CBr)CCOCC1)C1CC1. The summed E-state index contributed by atoms with van der Waals surface area (Å²) in [6.45, 7) is 1.28. The predicted octanol–water partition coefficient (Wildman–Crippen LogP) is 1.01. The lowest BCUT2D eigenvalue weighted by atomic mass is 9.94. The molecule has 1 saturated heterocycles. The van der Waals surface area contributed by atoms with E-state index in [1.54, 1.807) is 0 Å². The summed E-state index contributed by atoms with van der Waals surface area (Å²) in [7, 11) is -3.09. The van der Waals surface area contributed by atoms with Crippen LogP contribution >= 0.6 is 15.9 Å². The molecule has 0 unspecified atom stereocenters. The van der Waals surface area contributed by atoms with Gasteiger partial charge in [0.2, 0.25) is 10.0 Å². The van der Waals surface area contributed by atoms with Crippen LogP contribution in [0.5, 0.6) is 0 Å². The van der Waals surface area contributed by atoms with Crippen LogP contribution in [-0.4, -0.2) is 37.8 Å². The minimum atomic E-state index is -3.09. The summed E-state index contributed by atoms with van der Waals surface area (Å²) in [6, 6.07) is 0. The van der Waals surface area contributed by atoms with Crippen molar-refractivity contribution >= 4 is 26.0 Å². The Hall–Kier alpha value is 0.350. The number of sulfonamides is 1. The zero-order valence-corrected chi connectivity index (χ0v) is 10.9. The standard InChI is InChI=1S/C9H16BrNO3S/c10-7-9(3-5-14-6-4-9)11-15(12,13)8-1-2-8/h8,11H,1-7H2. The van der Waals surface area contributed by atoms with E-state index >= 15 is 0 Å². The second-order valence-electron chi connectivity index (χ2n) is 4.37. The van der Waals surface area contributed by atoms with E-state index in [-0.39, 0.29) is 10.8 Å². The minimum absolute atomic E-state index is 0.142. The average molecular weight is 298 g/mol. The van der Waals surface area contributed by atoms with E-state index in [0.717, 1.165) is 25.7 Å². The van der Waals surface area contributed by atoms with Crippen molar-refractivity contribution in [3.63, 3.8) is 0 Å². The molecule has 2 aliphatic rings. The fourth-order valence-corrected chi connectivity index (χ4v) is 4.48. The van der Waals surface area contributed by atoms with E-state index in [0.29, 0.717) is 18.5 Å². The molecule has 2 rings (SSSR count). The molecule has 0 amide bonds. The van der Waals surface area contributed by atoms with Gasteiger partial charge in [-0.25, -0.2) is 13.1 Å². The highest BCUT2D eigenvalue weighted by atomic mass is 79.9. The molecule has 4 nitrogen and oxygen atoms in total. The van der Waals surface area contributed by atoms with E-state index in [2.05, 4.69) is 20.7 Å². The molecule has 1 aliphatic heterocycles.